The fourth-order valence-corrected chi connectivity index (χ4v) is 5.96. The van der Waals surface area contributed by atoms with E-state index in [9.17, 15) is 13.2 Å². The number of aromatic nitrogens is 3. The first-order valence-corrected chi connectivity index (χ1v) is 12.2. The zero-order valence-corrected chi connectivity index (χ0v) is 20.1. The molecule has 7 nitrogen and oxygen atoms in total. The molecule has 1 atom stereocenters. The summed E-state index contributed by atoms with van der Waals surface area (Å²) in [7, 11) is 0. The summed E-state index contributed by atoms with van der Waals surface area (Å²) in [6, 6.07) is 5.22. The summed E-state index contributed by atoms with van der Waals surface area (Å²) in [6.07, 6.45) is 0.971. The standard InChI is InChI=1S/C23H23ClF3N7S/c24-17-15(3-6-31-19(17)29)35-21-20(30)33-16(11-32-21)34-7-4-22(5-8-34)10-12-1-2-13(23(25,26)27)9-14(12)18(22)28/h1-3,6,9,11,18H,4-5,7-8,10,28H2,(H2,29,31)(H2,30,33)/t18-/m1/s1. The van der Waals surface area contributed by atoms with Crippen LogP contribution in [0.1, 0.15) is 35.6 Å². The van der Waals surface area contributed by atoms with E-state index in [4.69, 9.17) is 28.8 Å². The largest absolute Gasteiger partial charge is 0.416 e. The average Bonchev–Trinajstić information content (AvgIpc) is 3.08. The molecule has 1 saturated heterocycles. The molecule has 0 amide bonds. The van der Waals surface area contributed by atoms with E-state index < -0.39 is 17.8 Å². The van der Waals surface area contributed by atoms with Gasteiger partial charge in [-0.15, -0.1) is 0 Å². The second-order valence-corrected chi connectivity index (χ2v) is 10.4. The van der Waals surface area contributed by atoms with Gasteiger partial charge in [0.25, 0.3) is 0 Å². The van der Waals surface area contributed by atoms with Crippen molar-refractivity contribution in [2.75, 3.05) is 29.5 Å². The van der Waals surface area contributed by atoms with Crippen LogP contribution in [-0.4, -0.2) is 28.0 Å². The lowest BCUT2D eigenvalue weighted by Gasteiger charge is -2.42. The Morgan fingerprint density at radius 1 is 1.09 bits per heavy atom. The normalized spacial score (nSPS) is 19.2. The third kappa shape index (κ3) is 4.36. The molecular weight excluding hydrogens is 499 g/mol. The number of pyridine rings is 1. The van der Waals surface area contributed by atoms with Crippen LogP contribution in [0, 0.1) is 5.41 Å². The van der Waals surface area contributed by atoms with Crippen LogP contribution in [-0.2, 0) is 12.6 Å². The van der Waals surface area contributed by atoms with Crippen LogP contribution in [0.5, 0.6) is 0 Å². The summed E-state index contributed by atoms with van der Waals surface area (Å²) in [4.78, 5) is 15.7. The van der Waals surface area contributed by atoms with Gasteiger partial charge in [0, 0.05) is 30.2 Å². The topological polar surface area (TPSA) is 120 Å². The predicted octanol–water partition coefficient (Wildman–Crippen LogP) is 4.70. The summed E-state index contributed by atoms with van der Waals surface area (Å²) < 4.78 is 39.6. The molecule has 1 aromatic carbocycles. The molecule has 2 aliphatic rings. The van der Waals surface area contributed by atoms with Crippen molar-refractivity contribution in [2.24, 2.45) is 11.1 Å². The molecule has 3 aromatic rings. The van der Waals surface area contributed by atoms with E-state index in [-0.39, 0.29) is 17.1 Å². The number of anilines is 3. The molecule has 1 fully saturated rings. The third-order valence-electron chi connectivity index (χ3n) is 6.93. The highest BCUT2D eigenvalue weighted by Gasteiger charge is 2.47. The van der Waals surface area contributed by atoms with E-state index in [1.807, 2.05) is 0 Å². The average molecular weight is 522 g/mol. The van der Waals surface area contributed by atoms with E-state index in [0.29, 0.717) is 45.8 Å². The Balaban J connectivity index is 1.29. The van der Waals surface area contributed by atoms with Gasteiger partial charge in [-0.1, -0.05) is 29.4 Å². The minimum Gasteiger partial charge on any atom is -0.382 e. The fraction of sp³-hybridized carbons (Fsp3) is 0.348. The van der Waals surface area contributed by atoms with Gasteiger partial charge in [-0.05, 0) is 54.0 Å². The highest BCUT2D eigenvalue weighted by molar-refractivity contribution is 7.99. The lowest BCUT2D eigenvalue weighted by Crippen LogP contribution is -2.44. The number of nitrogen functional groups attached to an aromatic ring is 2. The second-order valence-electron chi connectivity index (χ2n) is 8.94. The molecule has 1 aliphatic heterocycles. The Kier molecular flexibility index (Phi) is 5.97. The molecule has 1 spiro atoms. The maximum atomic E-state index is 13.2. The second kappa shape index (κ2) is 8.72. The quantitative estimate of drug-likeness (QED) is 0.453. The molecule has 0 saturated carbocycles. The van der Waals surface area contributed by atoms with E-state index in [1.54, 1.807) is 24.5 Å². The maximum absolute atomic E-state index is 13.2. The van der Waals surface area contributed by atoms with Crippen molar-refractivity contribution in [1.82, 2.24) is 15.0 Å². The number of benzene rings is 1. The highest BCUT2D eigenvalue weighted by Crippen LogP contribution is 2.52. The molecule has 12 heteroatoms. The van der Waals surface area contributed by atoms with Crippen LogP contribution in [0.25, 0.3) is 0 Å². The highest BCUT2D eigenvalue weighted by atomic mass is 35.5. The monoisotopic (exact) mass is 521 g/mol. The first-order chi connectivity index (χ1) is 16.6. The van der Waals surface area contributed by atoms with Gasteiger partial charge in [0.15, 0.2) is 5.82 Å². The van der Waals surface area contributed by atoms with Crippen molar-refractivity contribution in [2.45, 2.75) is 41.4 Å². The van der Waals surface area contributed by atoms with Crippen molar-refractivity contribution < 1.29 is 13.2 Å². The van der Waals surface area contributed by atoms with Crippen LogP contribution in [0.3, 0.4) is 0 Å². The molecule has 0 bridgehead atoms. The SMILES string of the molecule is Nc1nc(N2CCC3(CC2)Cc2ccc(C(F)(F)F)cc2[C@H]3N)cnc1Sc1ccnc(N)c1Cl. The van der Waals surface area contributed by atoms with E-state index >= 15 is 0 Å². The smallest absolute Gasteiger partial charge is 0.382 e. The number of alkyl halides is 3. The van der Waals surface area contributed by atoms with Crippen LogP contribution in [0.15, 0.2) is 46.6 Å². The fourth-order valence-electron chi connectivity index (χ4n) is 4.95. The molecule has 6 N–H and O–H groups in total. The van der Waals surface area contributed by atoms with Crippen LogP contribution >= 0.6 is 23.4 Å². The number of nitrogens with two attached hydrogens (primary N) is 3. The van der Waals surface area contributed by atoms with Crippen molar-refractivity contribution >= 4 is 40.8 Å². The summed E-state index contributed by atoms with van der Waals surface area (Å²) in [6.45, 7) is 1.31. The Morgan fingerprint density at radius 2 is 1.83 bits per heavy atom. The van der Waals surface area contributed by atoms with Crippen molar-refractivity contribution in [3.63, 3.8) is 0 Å². The number of nitrogens with zero attached hydrogens (tertiary/aromatic N) is 4. The summed E-state index contributed by atoms with van der Waals surface area (Å²) in [5, 5.41) is 0.837. The Morgan fingerprint density at radius 3 is 2.51 bits per heavy atom. The van der Waals surface area contributed by atoms with Crippen molar-refractivity contribution in [1.29, 1.82) is 0 Å². The summed E-state index contributed by atoms with van der Waals surface area (Å²) in [5.41, 5.74) is 19.1. The third-order valence-corrected chi connectivity index (χ3v) is 8.51. The lowest BCUT2D eigenvalue weighted by molar-refractivity contribution is -0.137. The van der Waals surface area contributed by atoms with Gasteiger partial charge in [-0.2, -0.15) is 13.2 Å². The minimum atomic E-state index is -4.38. The first kappa shape index (κ1) is 24.0. The summed E-state index contributed by atoms with van der Waals surface area (Å²) in [5.74, 6) is 1.14. The molecule has 0 unspecified atom stereocenters. The molecule has 2 aromatic heterocycles. The predicted molar refractivity (Wildman–Crippen MR) is 130 cm³/mol. The number of rotatable bonds is 3. The number of hydrogen-bond acceptors (Lipinski definition) is 8. The zero-order chi connectivity index (χ0) is 25.0. The Bertz CT molecular complexity index is 1280. The van der Waals surface area contributed by atoms with Crippen LogP contribution in [0.4, 0.5) is 30.6 Å². The van der Waals surface area contributed by atoms with Gasteiger partial charge in [0.05, 0.1) is 16.8 Å². The Labute approximate surface area is 209 Å². The lowest BCUT2D eigenvalue weighted by atomic mass is 9.73. The van der Waals surface area contributed by atoms with Gasteiger partial charge in [0.2, 0.25) is 0 Å². The molecule has 184 valence electrons. The van der Waals surface area contributed by atoms with E-state index in [1.165, 1.54) is 17.8 Å². The van der Waals surface area contributed by atoms with Gasteiger partial charge >= 0.3 is 6.18 Å². The number of halogens is 4. The maximum Gasteiger partial charge on any atom is 0.416 e. The van der Waals surface area contributed by atoms with Crippen molar-refractivity contribution in [3.8, 4) is 0 Å². The number of hydrogen-bond donors (Lipinski definition) is 3. The van der Waals surface area contributed by atoms with Crippen molar-refractivity contribution in [3.05, 3.63) is 58.4 Å². The number of piperidine rings is 1. The molecule has 1 aliphatic carbocycles. The van der Waals surface area contributed by atoms with Gasteiger partial charge in [0.1, 0.15) is 16.7 Å². The van der Waals surface area contributed by atoms with Crippen LogP contribution in [0.2, 0.25) is 5.02 Å². The van der Waals surface area contributed by atoms with E-state index in [2.05, 4.69) is 19.9 Å². The van der Waals surface area contributed by atoms with Crippen LogP contribution < -0.4 is 22.1 Å². The van der Waals surface area contributed by atoms with Gasteiger partial charge < -0.3 is 22.1 Å². The molecule has 35 heavy (non-hydrogen) atoms. The minimum absolute atomic E-state index is 0.226. The van der Waals surface area contributed by atoms with Gasteiger partial charge in [-0.25, -0.2) is 15.0 Å². The van der Waals surface area contributed by atoms with Gasteiger partial charge in [-0.3, -0.25) is 0 Å². The zero-order valence-electron chi connectivity index (χ0n) is 18.5. The molecular formula is C23H23ClF3N7S. The van der Waals surface area contributed by atoms with E-state index in [0.717, 1.165) is 24.5 Å². The molecule has 3 heterocycles. The summed E-state index contributed by atoms with van der Waals surface area (Å²) >= 11 is 7.47. The first-order valence-electron chi connectivity index (χ1n) is 11.0. The Hall–Kier alpha value is -2.76. The molecule has 5 rings (SSSR count). The number of fused-ring (bicyclic) bond motifs is 1. The molecule has 0 radical (unpaired) electrons.